The van der Waals surface area contributed by atoms with Crippen LogP contribution in [0.2, 0.25) is 5.02 Å². The second-order valence-electron chi connectivity index (χ2n) is 6.64. The first-order valence-electron chi connectivity index (χ1n) is 8.52. The Morgan fingerprint density at radius 1 is 1.27 bits per heavy atom. The Morgan fingerprint density at radius 3 is 2.42 bits per heavy atom. The number of carbonyl (C=O) groups excluding carboxylic acids is 2. The summed E-state index contributed by atoms with van der Waals surface area (Å²) < 4.78 is 39.9. The summed E-state index contributed by atoms with van der Waals surface area (Å²) in [7, 11) is 0. The number of piperidine rings is 1. The quantitative estimate of drug-likeness (QED) is 0.766. The Hall–Kier alpha value is -1.76. The molecule has 0 bridgehead atoms. The molecule has 2 rings (SSSR count). The summed E-state index contributed by atoms with van der Waals surface area (Å²) in [5.74, 6) is -0.139. The van der Waals surface area contributed by atoms with Crippen LogP contribution in [0.5, 0.6) is 0 Å². The Balaban J connectivity index is 2.15. The van der Waals surface area contributed by atoms with Crippen LogP contribution in [0.4, 0.5) is 18.9 Å². The number of likely N-dealkylation sites (tertiary alicyclic amines) is 1. The standard InChI is InChI=1S/C18H22ClF3N2O2/c1-12-5-8-23(9-6-12)17(26)7-10-24(13(2)25)16-4-3-14(19)11-15(16)18(20,21)22/h3-4,11-12H,5-10H2,1-2H3. The second kappa shape index (κ2) is 8.29. The summed E-state index contributed by atoms with van der Waals surface area (Å²) in [4.78, 5) is 27.0. The molecule has 8 heteroatoms. The molecule has 2 amide bonds. The van der Waals surface area contributed by atoms with Crippen molar-refractivity contribution in [1.82, 2.24) is 4.90 Å². The predicted octanol–water partition coefficient (Wildman–Crippen LogP) is 4.36. The molecule has 1 fully saturated rings. The van der Waals surface area contributed by atoms with Gasteiger partial charge in [0.25, 0.3) is 0 Å². The van der Waals surface area contributed by atoms with Gasteiger partial charge in [0.2, 0.25) is 11.8 Å². The Kier molecular flexibility index (Phi) is 6.55. The first-order chi connectivity index (χ1) is 12.1. The number of nitrogens with zero attached hydrogens (tertiary/aromatic N) is 2. The van der Waals surface area contributed by atoms with E-state index >= 15 is 0 Å². The van der Waals surface area contributed by atoms with Crippen molar-refractivity contribution in [2.24, 2.45) is 5.92 Å². The van der Waals surface area contributed by atoms with Gasteiger partial charge in [-0.15, -0.1) is 0 Å². The van der Waals surface area contributed by atoms with E-state index in [0.29, 0.717) is 19.0 Å². The van der Waals surface area contributed by atoms with E-state index in [2.05, 4.69) is 6.92 Å². The van der Waals surface area contributed by atoms with Gasteiger partial charge < -0.3 is 9.80 Å². The van der Waals surface area contributed by atoms with Crippen LogP contribution in [0.25, 0.3) is 0 Å². The number of benzene rings is 1. The maximum atomic E-state index is 13.3. The fourth-order valence-corrected chi connectivity index (χ4v) is 3.21. The van der Waals surface area contributed by atoms with Crippen molar-refractivity contribution in [1.29, 1.82) is 0 Å². The molecule has 0 unspecified atom stereocenters. The molecule has 0 radical (unpaired) electrons. The predicted molar refractivity (Wildman–Crippen MR) is 94.1 cm³/mol. The van der Waals surface area contributed by atoms with Crippen molar-refractivity contribution in [2.75, 3.05) is 24.5 Å². The zero-order valence-corrected chi connectivity index (χ0v) is 15.5. The number of carbonyl (C=O) groups is 2. The van der Waals surface area contributed by atoms with Crippen molar-refractivity contribution < 1.29 is 22.8 Å². The van der Waals surface area contributed by atoms with Gasteiger partial charge in [-0.2, -0.15) is 13.2 Å². The van der Waals surface area contributed by atoms with Crippen LogP contribution < -0.4 is 4.90 Å². The zero-order chi connectivity index (χ0) is 19.5. The van der Waals surface area contributed by atoms with Gasteiger partial charge in [0.05, 0.1) is 11.3 Å². The summed E-state index contributed by atoms with van der Waals surface area (Å²) in [6.45, 7) is 4.49. The van der Waals surface area contributed by atoms with Gasteiger partial charge in [0.1, 0.15) is 0 Å². The van der Waals surface area contributed by atoms with Crippen LogP contribution in [0.1, 0.15) is 38.7 Å². The van der Waals surface area contributed by atoms with Crippen molar-refractivity contribution in [3.63, 3.8) is 0 Å². The SMILES string of the molecule is CC(=O)N(CCC(=O)N1CCC(C)CC1)c1ccc(Cl)cc1C(F)(F)F. The van der Waals surface area contributed by atoms with Gasteiger partial charge in [-0.05, 0) is 37.0 Å². The lowest BCUT2D eigenvalue weighted by Gasteiger charge is -2.31. The third-order valence-corrected chi connectivity index (χ3v) is 4.86. The molecular weight excluding hydrogens is 369 g/mol. The summed E-state index contributed by atoms with van der Waals surface area (Å²) >= 11 is 5.68. The van der Waals surface area contributed by atoms with Crippen LogP contribution in [-0.2, 0) is 15.8 Å². The molecule has 0 N–H and O–H groups in total. The Bertz CT molecular complexity index is 671. The van der Waals surface area contributed by atoms with E-state index in [4.69, 9.17) is 11.6 Å². The molecule has 144 valence electrons. The zero-order valence-electron chi connectivity index (χ0n) is 14.8. The summed E-state index contributed by atoms with van der Waals surface area (Å²) in [6, 6.07) is 3.26. The van der Waals surface area contributed by atoms with Gasteiger partial charge >= 0.3 is 6.18 Å². The van der Waals surface area contributed by atoms with E-state index < -0.39 is 17.6 Å². The highest BCUT2D eigenvalue weighted by Gasteiger charge is 2.36. The van der Waals surface area contributed by atoms with Crippen molar-refractivity contribution in [3.05, 3.63) is 28.8 Å². The van der Waals surface area contributed by atoms with Crippen LogP contribution in [0.15, 0.2) is 18.2 Å². The van der Waals surface area contributed by atoms with E-state index in [1.165, 1.54) is 19.1 Å². The van der Waals surface area contributed by atoms with Crippen molar-refractivity contribution in [3.8, 4) is 0 Å². The van der Waals surface area contributed by atoms with Crippen LogP contribution >= 0.6 is 11.6 Å². The normalized spacial score (nSPS) is 15.8. The molecule has 1 aromatic rings. The maximum absolute atomic E-state index is 13.3. The lowest BCUT2D eigenvalue weighted by atomic mass is 9.99. The number of anilines is 1. The summed E-state index contributed by atoms with van der Waals surface area (Å²) in [6.07, 6.45) is -2.84. The third kappa shape index (κ3) is 5.13. The van der Waals surface area contributed by atoms with Gasteiger partial charge in [-0.1, -0.05) is 18.5 Å². The van der Waals surface area contributed by atoms with E-state index in [-0.39, 0.29) is 29.6 Å². The van der Waals surface area contributed by atoms with Crippen molar-refractivity contribution >= 4 is 29.1 Å². The molecule has 1 saturated heterocycles. The molecule has 0 saturated carbocycles. The number of rotatable bonds is 4. The van der Waals surface area contributed by atoms with E-state index in [9.17, 15) is 22.8 Å². The molecule has 0 aliphatic carbocycles. The van der Waals surface area contributed by atoms with Gasteiger partial charge in [0, 0.05) is 38.0 Å². The average molecular weight is 391 g/mol. The minimum absolute atomic E-state index is 0.0200. The van der Waals surface area contributed by atoms with Crippen LogP contribution in [-0.4, -0.2) is 36.3 Å². The molecule has 4 nitrogen and oxygen atoms in total. The molecular formula is C18H22ClF3N2O2. The number of hydrogen-bond acceptors (Lipinski definition) is 2. The van der Waals surface area contributed by atoms with E-state index in [1.54, 1.807) is 4.90 Å². The second-order valence-corrected chi connectivity index (χ2v) is 7.08. The number of alkyl halides is 3. The largest absolute Gasteiger partial charge is 0.418 e. The van der Waals surface area contributed by atoms with Gasteiger partial charge in [-0.3, -0.25) is 9.59 Å². The molecule has 1 aromatic carbocycles. The smallest absolute Gasteiger partial charge is 0.343 e. The van der Waals surface area contributed by atoms with Gasteiger partial charge in [0.15, 0.2) is 0 Å². The monoisotopic (exact) mass is 390 g/mol. The molecule has 0 aromatic heterocycles. The Morgan fingerprint density at radius 2 is 1.88 bits per heavy atom. The fourth-order valence-electron chi connectivity index (χ4n) is 3.04. The lowest BCUT2D eigenvalue weighted by molar-refractivity contribution is -0.137. The number of halogens is 4. The molecule has 1 heterocycles. The van der Waals surface area contributed by atoms with Crippen molar-refractivity contribution in [2.45, 2.75) is 39.3 Å². The van der Waals surface area contributed by atoms with Crippen LogP contribution in [0.3, 0.4) is 0 Å². The average Bonchev–Trinajstić information content (AvgIpc) is 2.55. The molecule has 0 spiro atoms. The highest BCUT2D eigenvalue weighted by molar-refractivity contribution is 6.30. The molecule has 1 aliphatic rings. The highest BCUT2D eigenvalue weighted by Crippen LogP contribution is 2.38. The lowest BCUT2D eigenvalue weighted by Crippen LogP contribution is -2.40. The molecule has 0 atom stereocenters. The first-order valence-corrected chi connectivity index (χ1v) is 8.90. The van der Waals surface area contributed by atoms with Gasteiger partial charge in [-0.25, -0.2) is 0 Å². The number of hydrogen-bond donors (Lipinski definition) is 0. The Labute approximate surface area is 155 Å². The summed E-state index contributed by atoms with van der Waals surface area (Å²) in [5.41, 5.74) is -1.27. The topological polar surface area (TPSA) is 40.6 Å². The number of amides is 2. The van der Waals surface area contributed by atoms with E-state index in [1.807, 2.05) is 0 Å². The highest BCUT2D eigenvalue weighted by atomic mass is 35.5. The first kappa shape index (κ1) is 20.6. The fraction of sp³-hybridized carbons (Fsp3) is 0.556. The molecule has 1 aliphatic heterocycles. The van der Waals surface area contributed by atoms with E-state index in [0.717, 1.165) is 23.8 Å². The minimum atomic E-state index is -4.65. The maximum Gasteiger partial charge on any atom is 0.418 e. The minimum Gasteiger partial charge on any atom is -0.343 e. The summed E-state index contributed by atoms with van der Waals surface area (Å²) in [5, 5.41) is -0.0666. The third-order valence-electron chi connectivity index (χ3n) is 4.62. The van der Waals surface area contributed by atoms with Crippen LogP contribution in [0, 0.1) is 5.92 Å². The molecule has 26 heavy (non-hydrogen) atoms.